The van der Waals surface area contributed by atoms with Crippen LogP contribution in [0.2, 0.25) is 0 Å². The third-order valence-electron chi connectivity index (χ3n) is 7.07. The van der Waals surface area contributed by atoms with Crippen LogP contribution < -0.4 is 0 Å². The second kappa shape index (κ2) is 9.42. The lowest BCUT2D eigenvalue weighted by atomic mass is 9.98. The lowest BCUT2D eigenvalue weighted by molar-refractivity contribution is 1.36. The molecule has 0 radical (unpaired) electrons. The fraction of sp³-hybridized carbons (Fsp3) is 0. The van der Waals surface area contributed by atoms with E-state index in [-0.39, 0.29) is 0 Å². The number of rotatable bonds is 4. The first-order chi connectivity index (χ1) is 18.8. The van der Waals surface area contributed by atoms with E-state index in [0.29, 0.717) is 0 Å². The van der Waals surface area contributed by atoms with E-state index in [4.69, 9.17) is 9.97 Å². The van der Waals surface area contributed by atoms with Crippen molar-refractivity contribution in [3.63, 3.8) is 0 Å². The van der Waals surface area contributed by atoms with Gasteiger partial charge in [0.05, 0.1) is 22.4 Å². The second-order valence-corrected chi connectivity index (χ2v) is 9.49. The van der Waals surface area contributed by atoms with E-state index in [1.54, 1.807) is 0 Å². The van der Waals surface area contributed by atoms with E-state index in [1.807, 2.05) is 24.3 Å². The monoisotopic (exact) mass is 484 g/mol. The molecule has 0 saturated carbocycles. The van der Waals surface area contributed by atoms with Crippen LogP contribution in [0, 0.1) is 0 Å². The van der Waals surface area contributed by atoms with E-state index in [2.05, 4.69) is 121 Å². The molecule has 0 fully saturated rings. The zero-order valence-corrected chi connectivity index (χ0v) is 20.8. The molecule has 2 aromatic heterocycles. The van der Waals surface area contributed by atoms with E-state index >= 15 is 0 Å². The number of aromatic nitrogens is 2. The lowest BCUT2D eigenvalue weighted by Crippen LogP contribution is -1.91. The van der Waals surface area contributed by atoms with Gasteiger partial charge in [-0.3, -0.25) is 0 Å². The lowest BCUT2D eigenvalue weighted by Gasteiger charge is -2.10. The minimum absolute atomic E-state index is 0.926. The Bertz CT molecular complexity index is 1890. The number of fused-ring (bicyclic) bond motifs is 3. The molecule has 2 heterocycles. The Kier molecular flexibility index (Phi) is 5.49. The zero-order chi connectivity index (χ0) is 25.3. The Balaban J connectivity index is 1.29. The van der Waals surface area contributed by atoms with Crippen molar-refractivity contribution >= 4 is 21.8 Å². The average Bonchev–Trinajstić information content (AvgIpc) is 3.01. The van der Waals surface area contributed by atoms with Crippen LogP contribution in [-0.4, -0.2) is 9.97 Å². The van der Waals surface area contributed by atoms with Crippen LogP contribution in [-0.2, 0) is 0 Å². The summed E-state index contributed by atoms with van der Waals surface area (Å²) in [6, 6.07) is 50.9. The Labute approximate surface area is 221 Å². The Morgan fingerprint density at radius 2 is 0.711 bits per heavy atom. The molecule has 5 aromatic carbocycles. The third-order valence-corrected chi connectivity index (χ3v) is 7.07. The predicted molar refractivity (Wildman–Crippen MR) is 159 cm³/mol. The summed E-state index contributed by atoms with van der Waals surface area (Å²) in [5.74, 6) is 0. The number of hydrogen-bond acceptors (Lipinski definition) is 2. The highest BCUT2D eigenvalue weighted by molar-refractivity contribution is 6.04. The van der Waals surface area contributed by atoms with Gasteiger partial charge in [-0.05, 0) is 40.5 Å². The van der Waals surface area contributed by atoms with Gasteiger partial charge in [-0.1, -0.05) is 127 Å². The van der Waals surface area contributed by atoms with Gasteiger partial charge in [0.2, 0.25) is 0 Å². The van der Waals surface area contributed by atoms with Gasteiger partial charge in [0.1, 0.15) is 0 Å². The van der Waals surface area contributed by atoms with Crippen molar-refractivity contribution in [2.24, 2.45) is 0 Å². The first-order valence-electron chi connectivity index (χ1n) is 12.8. The summed E-state index contributed by atoms with van der Waals surface area (Å²) in [6.07, 6.45) is 0. The van der Waals surface area contributed by atoms with E-state index in [9.17, 15) is 0 Å². The molecule has 0 bridgehead atoms. The molecular formula is C36H24N2. The van der Waals surface area contributed by atoms with Crippen LogP contribution in [0.25, 0.3) is 66.6 Å². The van der Waals surface area contributed by atoms with Gasteiger partial charge in [-0.25, -0.2) is 9.97 Å². The van der Waals surface area contributed by atoms with Crippen LogP contribution in [0.5, 0.6) is 0 Å². The maximum absolute atomic E-state index is 5.13. The van der Waals surface area contributed by atoms with Gasteiger partial charge in [-0.15, -0.1) is 0 Å². The standard InChI is InChI=1S/C36H24N2/c1-3-8-25(9-4-1)26-14-16-27(17-15-26)31-12-7-13-32(24-31)34-23-21-30-19-18-29-20-22-33(28-10-5-2-6-11-28)37-35(29)36(30)38-34/h1-24H. The molecule has 2 nitrogen and oxygen atoms in total. The first-order valence-corrected chi connectivity index (χ1v) is 12.8. The fourth-order valence-electron chi connectivity index (χ4n) is 5.04. The summed E-state index contributed by atoms with van der Waals surface area (Å²) < 4.78 is 0. The summed E-state index contributed by atoms with van der Waals surface area (Å²) >= 11 is 0. The zero-order valence-electron chi connectivity index (χ0n) is 20.8. The number of hydrogen-bond donors (Lipinski definition) is 0. The molecule has 0 spiro atoms. The van der Waals surface area contributed by atoms with Crippen LogP contribution in [0.3, 0.4) is 0 Å². The molecule has 0 aliphatic rings. The van der Waals surface area contributed by atoms with Crippen molar-refractivity contribution in [1.29, 1.82) is 0 Å². The minimum atomic E-state index is 0.926. The summed E-state index contributed by atoms with van der Waals surface area (Å²) in [6.45, 7) is 0. The molecular weight excluding hydrogens is 460 g/mol. The molecule has 0 saturated heterocycles. The molecule has 7 aromatic rings. The quantitative estimate of drug-likeness (QED) is 0.233. The van der Waals surface area contributed by atoms with E-state index < -0.39 is 0 Å². The van der Waals surface area contributed by atoms with Crippen molar-refractivity contribution in [2.75, 3.05) is 0 Å². The number of pyridine rings is 2. The predicted octanol–water partition coefficient (Wildman–Crippen LogP) is 9.45. The molecule has 38 heavy (non-hydrogen) atoms. The molecule has 2 heteroatoms. The molecule has 0 atom stereocenters. The molecule has 178 valence electrons. The second-order valence-electron chi connectivity index (χ2n) is 9.49. The number of benzene rings is 5. The van der Waals surface area contributed by atoms with Gasteiger partial charge >= 0.3 is 0 Å². The highest BCUT2D eigenvalue weighted by atomic mass is 14.8. The van der Waals surface area contributed by atoms with Crippen molar-refractivity contribution in [1.82, 2.24) is 9.97 Å². The minimum Gasteiger partial charge on any atom is -0.245 e. The Morgan fingerprint density at radius 3 is 1.32 bits per heavy atom. The largest absolute Gasteiger partial charge is 0.245 e. The van der Waals surface area contributed by atoms with E-state index in [0.717, 1.165) is 44.3 Å². The van der Waals surface area contributed by atoms with Gasteiger partial charge in [-0.2, -0.15) is 0 Å². The Morgan fingerprint density at radius 1 is 0.289 bits per heavy atom. The average molecular weight is 485 g/mol. The topological polar surface area (TPSA) is 25.8 Å². The first kappa shape index (κ1) is 22.1. The van der Waals surface area contributed by atoms with Gasteiger partial charge < -0.3 is 0 Å². The summed E-state index contributed by atoms with van der Waals surface area (Å²) in [4.78, 5) is 10.2. The van der Waals surface area contributed by atoms with Gasteiger partial charge in [0, 0.05) is 21.9 Å². The maximum Gasteiger partial charge on any atom is 0.0972 e. The maximum atomic E-state index is 5.13. The summed E-state index contributed by atoms with van der Waals surface area (Å²) in [5, 5.41) is 2.18. The van der Waals surface area contributed by atoms with Crippen LogP contribution in [0.15, 0.2) is 146 Å². The normalized spacial score (nSPS) is 11.2. The third kappa shape index (κ3) is 4.12. The molecule has 0 aliphatic heterocycles. The fourth-order valence-corrected chi connectivity index (χ4v) is 5.04. The molecule has 0 aliphatic carbocycles. The molecule has 0 N–H and O–H groups in total. The molecule has 0 amide bonds. The van der Waals surface area contributed by atoms with Gasteiger partial charge in [0.25, 0.3) is 0 Å². The Hall–Kier alpha value is -5.08. The molecule has 0 unspecified atom stereocenters. The van der Waals surface area contributed by atoms with Crippen molar-refractivity contribution in [3.8, 4) is 44.8 Å². The van der Waals surface area contributed by atoms with E-state index in [1.165, 1.54) is 22.3 Å². The molecule has 7 rings (SSSR count). The number of nitrogens with zero attached hydrogens (tertiary/aromatic N) is 2. The smallest absolute Gasteiger partial charge is 0.0972 e. The van der Waals surface area contributed by atoms with Crippen LogP contribution in [0.4, 0.5) is 0 Å². The van der Waals surface area contributed by atoms with Crippen LogP contribution in [0.1, 0.15) is 0 Å². The van der Waals surface area contributed by atoms with Crippen molar-refractivity contribution in [2.45, 2.75) is 0 Å². The SMILES string of the molecule is c1ccc(-c2ccc(-c3cccc(-c4ccc5ccc6ccc(-c7ccccc7)nc6c5n4)c3)cc2)cc1. The van der Waals surface area contributed by atoms with Gasteiger partial charge in [0.15, 0.2) is 0 Å². The van der Waals surface area contributed by atoms with Crippen molar-refractivity contribution in [3.05, 3.63) is 146 Å². The van der Waals surface area contributed by atoms with Crippen LogP contribution >= 0.6 is 0 Å². The van der Waals surface area contributed by atoms with Crippen molar-refractivity contribution < 1.29 is 0 Å². The highest BCUT2D eigenvalue weighted by Gasteiger charge is 2.10. The summed E-state index contributed by atoms with van der Waals surface area (Å²) in [7, 11) is 0. The highest BCUT2D eigenvalue weighted by Crippen LogP contribution is 2.31. The summed E-state index contributed by atoms with van der Waals surface area (Å²) in [5.41, 5.74) is 10.8.